The van der Waals surface area contributed by atoms with Crippen LogP contribution in [-0.4, -0.2) is 15.0 Å². The van der Waals surface area contributed by atoms with Gasteiger partial charge in [-0.15, -0.1) is 5.10 Å². The van der Waals surface area contributed by atoms with Crippen LogP contribution in [0.2, 0.25) is 0 Å². The molecule has 0 atom stereocenters. The number of benzene rings is 2. The summed E-state index contributed by atoms with van der Waals surface area (Å²) in [5.74, 6) is -0.254. The molecule has 3 rings (SSSR count). The Morgan fingerprint density at radius 2 is 1.74 bits per heavy atom. The van der Waals surface area contributed by atoms with Crippen LogP contribution in [0.15, 0.2) is 48.5 Å². The van der Waals surface area contributed by atoms with Gasteiger partial charge >= 0.3 is 0 Å². The van der Waals surface area contributed by atoms with Crippen LogP contribution in [0.3, 0.4) is 0 Å². The van der Waals surface area contributed by atoms with Crippen LogP contribution in [0.5, 0.6) is 0 Å². The molecule has 4 nitrogen and oxygen atoms in total. The van der Waals surface area contributed by atoms with Gasteiger partial charge < -0.3 is 5.73 Å². The van der Waals surface area contributed by atoms with Crippen molar-refractivity contribution < 1.29 is 4.39 Å². The third-order valence-electron chi connectivity index (χ3n) is 3.55. The van der Waals surface area contributed by atoms with Crippen molar-refractivity contribution in [1.29, 1.82) is 0 Å². The second kappa shape index (κ2) is 6.54. The number of rotatable bonds is 4. The lowest BCUT2D eigenvalue weighted by Gasteiger charge is -2.05. The highest BCUT2D eigenvalue weighted by molar-refractivity contribution is 5.69. The zero-order valence-electron chi connectivity index (χ0n) is 12.8. The molecule has 2 aromatic carbocycles. The second-order valence-corrected chi connectivity index (χ2v) is 5.26. The van der Waals surface area contributed by atoms with Crippen LogP contribution in [0.4, 0.5) is 4.39 Å². The van der Waals surface area contributed by atoms with Crippen molar-refractivity contribution in [2.24, 2.45) is 5.73 Å². The van der Waals surface area contributed by atoms with E-state index in [0.29, 0.717) is 12.2 Å². The lowest BCUT2D eigenvalue weighted by molar-refractivity contribution is 0.628. The fourth-order valence-electron chi connectivity index (χ4n) is 2.26. The van der Waals surface area contributed by atoms with Gasteiger partial charge in [-0.3, -0.25) is 0 Å². The maximum absolute atomic E-state index is 13.0. The van der Waals surface area contributed by atoms with E-state index in [0.717, 1.165) is 16.9 Å². The SMILES string of the molecule is Cc1ccc(-n2nnc(CN)c2/C=C/c2ccc(F)cc2)cc1. The summed E-state index contributed by atoms with van der Waals surface area (Å²) in [7, 11) is 0. The minimum atomic E-state index is -0.254. The van der Waals surface area contributed by atoms with Crippen LogP contribution < -0.4 is 5.73 Å². The average Bonchev–Trinajstić information content (AvgIpc) is 2.98. The van der Waals surface area contributed by atoms with Crippen molar-refractivity contribution in [2.45, 2.75) is 13.5 Å². The highest BCUT2D eigenvalue weighted by atomic mass is 19.1. The van der Waals surface area contributed by atoms with E-state index in [-0.39, 0.29) is 5.82 Å². The summed E-state index contributed by atoms with van der Waals surface area (Å²) in [5.41, 5.74) is 10.3. The summed E-state index contributed by atoms with van der Waals surface area (Å²) in [6.07, 6.45) is 3.79. The fraction of sp³-hybridized carbons (Fsp3) is 0.111. The van der Waals surface area contributed by atoms with E-state index in [9.17, 15) is 4.39 Å². The summed E-state index contributed by atoms with van der Waals surface area (Å²) in [6, 6.07) is 14.3. The van der Waals surface area contributed by atoms with Gasteiger partial charge in [-0.2, -0.15) is 0 Å². The van der Waals surface area contributed by atoms with E-state index in [2.05, 4.69) is 10.3 Å². The van der Waals surface area contributed by atoms with E-state index in [4.69, 9.17) is 5.73 Å². The van der Waals surface area contributed by atoms with Crippen LogP contribution in [0, 0.1) is 12.7 Å². The average molecular weight is 308 g/mol. The highest BCUT2D eigenvalue weighted by Crippen LogP contribution is 2.17. The molecule has 1 heterocycles. The monoisotopic (exact) mass is 308 g/mol. The summed E-state index contributed by atoms with van der Waals surface area (Å²) < 4.78 is 14.7. The quantitative estimate of drug-likeness (QED) is 0.804. The molecule has 5 heteroatoms. The molecule has 0 saturated heterocycles. The Morgan fingerprint density at radius 1 is 1.04 bits per heavy atom. The fourth-order valence-corrected chi connectivity index (χ4v) is 2.26. The Balaban J connectivity index is 1.98. The van der Waals surface area contributed by atoms with Crippen molar-refractivity contribution in [3.8, 4) is 5.69 Å². The van der Waals surface area contributed by atoms with Gasteiger partial charge in [0.2, 0.25) is 0 Å². The van der Waals surface area contributed by atoms with E-state index in [1.165, 1.54) is 17.7 Å². The molecule has 0 aliphatic rings. The molecule has 0 spiro atoms. The molecule has 1 aromatic heterocycles. The Morgan fingerprint density at radius 3 is 2.39 bits per heavy atom. The second-order valence-electron chi connectivity index (χ2n) is 5.26. The Kier molecular flexibility index (Phi) is 4.30. The summed E-state index contributed by atoms with van der Waals surface area (Å²) in [4.78, 5) is 0. The summed E-state index contributed by atoms with van der Waals surface area (Å²) >= 11 is 0. The third-order valence-corrected chi connectivity index (χ3v) is 3.55. The molecular weight excluding hydrogens is 291 g/mol. The third kappa shape index (κ3) is 3.35. The molecule has 2 N–H and O–H groups in total. The van der Waals surface area contributed by atoms with Crippen LogP contribution in [0.1, 0.15) is 22.5 Å². The van der Waals surface area contributed by atoms with Gasteiger partial charge in [0.05, 0.1) is 11.4 Å². The highest BCUT2D eigenvalue weighted by Gasteiger charge is 2.10. The van der Waals surface area contributed by atoms with E-state index >= 15 is 0 Å². The van der Waals surface area contributed by atoms with Crippen LogP contribution in [-0.2, 0) is 6.54 Å². The molecule has 23 heavy (non-hydrogen) atoms. The van der Waals surface area contributed by atoms with Crippen molar-refractivity contribution in [3.63, 3.8) is 0 Å². The maximum atomic E-state index is 13.0. The zero-order chi connectivity index (χ0) is 16.2. The zero-order valence-corrected chi connectivity index (χ0v) is 12.8. The van der Waals surface area contributed by atoms with Gasteiger partial charge in [0.25, 0.3) is 0 Å². The van der Waals surface area contributed by atoms with Crippen LogP contribution >= 0.6 is 0 Å². The Hall–Kier alpha value is -2.79. The standard InChI is InChI=1S/C18H17FN4/c1-13-2-9-16(10-3-13)23-18(17(12-20)21-22-23)11-6-14-4-7-15(19)8-5-14/h2-11H,12,20H2,1H3/b11-6+. The van der Waals surface area contributed by atoms with Gasteiger partial charge in [0.1, 0.15) is 11.5 Å². The van der Waals surface area contributed by atoms with Gasteiger partial charge in [-0.25, -0.2) is 9.07 Å². The first-order valence-electron chi connectivity index (χ1n) is 7.33. The molecule has 0 fully saturated rings. The van der Waals surface area contributed by atoms with Crippen molar-refractivity contribution >= 4 is 12.2 Å². The summed E-state index contributed by atoms with van der Waals surface area (Å²) in [6.45, 7) is 2.33. The lowest BCUT2D eigenvalue weighted by atomic mass is 10.1. The van der Waals surface area contributed by atoms with E-state index in [1.807, 2.05) is 43.3 Å². The molecular formula is C18H17FN4. The number of nitrogens with zero attached hydrogens (tertiary/aromatic N) is 3. The number of aromatic nitrogens is 3. The molecule has 0 unspecified atom stereocenters. The molecule has 0 aliphatic heterocycles. The van der Waals surface area contributed by atoms with Gasteiger partial charge in [0, 0.05) is 6.54 Å². The Bertz CT molecular complexity index is 817. The number of hydrogen-bond donors (Lipinski definition) is 1. The maximum Gasteiger partial charge on any atom is 0.123 e. The largest absolute Gasteiger partial charge is 0.325 e. The Labute approximate surface area is 134 Å². The molecule has 0 bridgehead atoms. The van der Waals surface area contributed by atoms with Crippen LogP contribution in [0.25, 0.3) is 17.8 Å². The van der Waals surface area contributed by atoms with Gasteiger partial charge in [-0.05, 0) is 42.8 Å². The van der Waals surface area contributed by atoms with Crippen molar-refractivity contribution in [1.82, 2.24) is 15.0 Å². The first-order chi connectivity index (χ1) is 11.2. The number of halogens is 1. The molecule has 0 radical (unpaired) electrons. The minimum absolute atomic E-state index is 0.254. The predicted octanol–water partition coefficient (Wildman–Crippen LogP) is 3.34. The number of nitrogens with two attached hydrogens (primary N) is 1. The van der Waals surface area contributed by atoms with E-state index in [1.54, 1.807) is 16.8 Å². The minimum Gasteiger partial charge on any atom is -0.325 e. The molecule has 0 amide bonds. The van der Waals surface area contributed by atoms with E-state index < -0.39 is 0 Å². The molecule has 116 valence electrons. The van der Waals surface area contributed by atoms with Gasteiger partial charge in [0.15, 0.2) is 0 Å². The summed E-state index contributed by atoms with van der Waals surface area (Å²) in [5, 5.41) is 8.33. The topological polar surface area (TPSA) is 56.7 Å². The molecule has 0 aliphatic carbocycles. The normalized spacial score (nSPS) is 11.3. The smallest absolute Gasteiger partial charge is 0.123 e. The lowest BCUT2D eigenvalue weighted by Crippen LogP contribution is -2.02. The first-order valence-corrected chi connectivity index (χ1v) is 7.33. The molecule has 0 saturated carbocycles. The predicted molar refractivity (Wildman–Crippen MR) is 89.3 cm³/mol. The molecule has 3 aromatic rings. The number of hydrogen-bond acceptors (Lipinski definition) is 3. The van der Waals surface area contributed by atoms with Crippen molar-refractivity contribution in [2.75, 3.05) is 0 Å². The van der Waals surface area contributed by atoms with Crippen molar-refractivity contribution in [3.05, 3.63) is 76.9 Å². The first kappa shape index (κ1) is 15.1. The number of aryl methyl sites for hydroxylation is 1. The van der Waals surface area contributed by atoms with Gasteiger partial charge in [-0.1, -0.05) is 41.1 Å².